The van der Waals surface area contributed by atoms with Gasteiger partial charge in [0.25, 0.3) is 0 Å². The van der Waals surface area contributed by atoms with Crippen LogP contribution in [-0.4, -0.2) is 43.1 Å². The van der Waals surface area contributed by atoms with Crippen LogP contribution in [0.4, 0.5) is 5.69 Å². The Morgan fingerprint density at radius 2 is 1.86 bits per heavy atom. The van der Waals surface area contributed by atoms with Gasteiger partial charge in [-0.05, 0) is 50.6 Å². The number of rotatable bonds is 3. The van der Waals surface area contributed by atoms with Gasteiger partial charge in [0.2, 0.25) is 0 Å². The fourth-order valence-corrected chi connectivity index (χ4v) is 3.54. The number of anilines is 1. The second-order valence-corrected chi connectivity index (χ2v) is 6.78. The highest BCUT2D eigenvalue weighted by Gasteiger charge is 2.22. The molecule has 1 fully saturated rings. The van der Waals surface area contributed by atoms with E-state index in [0.29, 0.717) is 5.92 Å². The maximum atomic E-state index is 3.44. The zero-order valence-electron chi connectivity index (χ0n) is 13.7. The summed E-state index contributed by atoms with van der Waals surface area (Å²) >= 11 is 0. The van der Waals surface area contributed by atoms with E-state index in [1.165, 1.54) is 35.0 Å². The predicted molar refractivity (Wildman–Crippen MR) is 91.3 cm³/mol. The Morgan fingerprint density at radius 1 is 1.14 bits per heavy atom. The Labute approximate surface area is 127 Å². The Morgan fingerprint density at radius 3 is 2.48 bits per heavy atom. The van der Waals surface area contributed by atoms with Gasteiger partial charge in [-0.3, -0.25) is 0 Å². The van der Waals surface area contributed by atoms with E-state index in [1.54, 1.807) is 0 Å². The van der Waals surface area contributed by atoms with Crippen LogP contribution in [-0.2, 0) is 0 Å². The van der Waals surface area contributed by atoms with Gasteiger partial charge in [0.05, 0.1) is 5.52 Å². The molecule has 3 nitrogen and oxygen atoms in total. The molecule has 3 heteroatoms. The number of nitrogens with one attached hydrogen (secondary N) is 1. The molecule has 0 atom stereocenters. The second-order valence-electron chi connectivity index (χ2n) is 6.78. The molecule has 1 aromatic heterocycles. The molecule has 0 amide bonds. The van der Waals surface area contributed by atoms with Crippen LogP contribution in [0.15, 0.2) is 24.4 Å². The standard InChI is InChI=1S/C18H27N3/c1-13(2)15-5-6-17(16-7-10-19-18(15)16)21-11-8-14(9-12-21)20(3)4/h5-7,10,13-14,19H,8-9,11-12H2,1-4H3. The Bertz CT molecular complexity index is 604. The smallest absolute Gasteiger partial charge is 0.0510 e. The largest absolute Gasteiger partial charge is 0.371 e. The Hall–Kier alpha value is -1.48. The van der Waals surface area contributed by atoms with Crippen LogP contribution in [0, 0.1) is 0 Å². The molecule has 0 spiro atoms. The number of piperidine rings is 1. The Balaban J connectivity index is 1.89. The highest BCUT2D eigenvalue weighted by atomic mass is 15.2. The van der Waals surface area contributed by atoms with Crippen molar-refractivity contribution in [3.63, 3.8) is 0 Å². The lowest BCUT2D eigenvalue weighted by atomic mass is 9.98. The van der Waals surface area contributed by atoms with Crippen molar-refractivity contribution in [3.8, 4) is 0 Å². The second kappa shape index (κ2) is 5.72. The van der Waals surface area contributed by atoms with Gasteiger partial charge >= 0.3 is 0 Å². The number of benzene rings is 1. The lowest BCUT2D eigenvalue weighted by molar-refractivity contribution is 0.250. The summed E-state index contributed by atoms with van der Waals surface area (Å²) in [5.41, 5.74) is 4.13. The van der Waals surface area contributed by atoms with Gasteiger partial charge in [0.1, 0.15) is 0 Å². The number of fused-ring (bicyclic) bond motifs is 1. The first kappa shape index (κ1) is 14.5. The van der Waals surface area contributed by atoms with Gasteiger partial charge in [-0.15, -0.1) is 0 Å². The van der Waals surface area contributed by atoms with E-state index in [9.17, 15) is 0 Å². The third-order valence-corrected chi connectivity index (χ3v) is 4.89. The van der Waals surface area contributed by atoms with Crippen molar-refractivity contribution >= 4 is 16.6 Å². The summed E-state index contributed by atoms with van der Waals surface area (Å²) in [4.78, 5) is 8.36. The summed E-state index contributed by atoms with van der Waals surface area (Å²) in [7, 11) is 4.39. The summed E-state index contributed by atoms with van der Waals surface area (Å²) in [5, 5.41) is 1.38. The van der Waals surface area contributed by atoms with Gasteiger partial charge in [-0.1, -0.05) is 19.9 Å². The SMILES string of the molecule is CC(C)c1ccc(N2CCC(N(C)C)CC2)c2cc[nH]c12. The monoisotopic (exact) mass is 285 g/mol. The normalized spacial score (nSPS) is 17.3. The molecule has 0 unspecified atom stereocenters. The molecule has 2 heterocycles. The van der Waals surface area contributed by atoms with Crippen molar-refractivity contribution in [2.24, 2.45) is 0 Å². The van der Waals surface area contributed by atoms with Crippen LogP contribution < -0.4 is 4.90 Å². The molecule has 1 saturated heterocycles. The molecule has 21 heavy (non-hydrogen) atoms. The fraction of sp³-hybridized carbons (Fsp3) is 0.556. The van der Waals surface area contributed by atoms with Crippen molar-refractivity contribution < 1.29 is 0 Å². The average Bonchev–Trinajstić information content (AvgIpc) is 2.95. The van der Waals surface area contributed by atoms with Gasteiger partial charge < -0.3 is 14.8 Å². The molecule has 3 rings (SSSR count). The van der Waals surface area contributed by atoms with Gasteiger partial charge in [-0.25, -0.2) is 0 Å². The first-order chi connectivity index (χ1) is 10.1. The van der Waals surface area contributed by atoms with E-state index < -0.39 is 0 Å². The molecule has 1 N–H and O–H groups in total. The summed E-state index contributed by atoms with van der Waals surface area (Å²) < 4.78 is 0. The predicted octanol–water partition coefficient (Wildman–Crippen LogP) is 3.82. The molecule has 0 aliphatic carbocycles. The highest BCUT2D eigenvalue weighted by molar-refractivity contribution is 5.94. The van der Waals surface area contributed by atoms with E-state index in [1.807, 2.05) is 0 Å². The van der Waals surface area contributed by atoms with Crippen LogP contribution >= 0.6 is 0 Å². The van der Waals surface area contributed by atoms with E-state index in [4.69, 9.17) is 0 Å². The minimum Gasteiger partial charge on any atom is -0.371 e. The zero-order valence-corrected chi connectivity index (χ0v) is 13.7. The first-order valence-corrected chi connectivity index (χ1v) is 8.09. The highest BCUT2D eigenvalue weighted by Crippen LogP contribution is 2.33. The van der Waals surface area contributed by atoms with E-state index >= 15 is 0 Å². The van der Waals surface area contributed by atoms with Gasteiger partial charge in [0.15, 0.2) is 0 Å². The number of aromatic amines is 1. The topological polar surface area (TPSA) is 22.3 Å². The maximum absolute atomic E-state index is 3.44. The molecule has 0 saturated carbocycles. The molecular formula is C18H27N3. The summed E-state index contributed by atoms with van der Waals surface area (Å²) in [6.07, 6.45) is 4.59. The van der Waals surface area contributed by atoms with Crippen LogP contribution in [0.1, 0.15) is 38.2 Å². The minimum atomic E-state index is 0.555. The van der Waals surface area contributed by atoms with Gasteiger partial charge in [-0.2, -0.15) is 0 Å². The lowest BCUT2D eigenvalue weighted by Gasteiger charge is -2.37. The third kappa shape index (κ3) is 2.67. The maximum Gasteiger partial charge on any atom is 0.0510 e. The molecule has 0 bridgehead atoms. The van der Waals surface area contributed by atoms with Crippen LogP contribution in [0.3, 0.4) is 0 Å². The fourth-order valence-electron chi connectivity index (χ4n) is 3.54. The molecule has 0 radical (unpaired) electrons. The van der Waals surface area contributed by atoms with Crippen molar-refractivity contribution in [2.45, 2.75) is 38.6 Å². The summed E-state index contributed by atoms with van der Waals surface area (Å²) in [6.45, 7) is 6.84. The first-order valence-electron chi connectivity index (χ1n) is 8.09. The summed E-state index contributed by atoms with van der Waals surface area (Å²) in [6, 6.07) is 7.59. The number of nitrogens with zero attached hydrogens (tertiary/aromatic N) is 2. The zero-order chi connectivity index (χ0) is 15.0. The number of H-pyrrole nitrogens is 1. The van der Waals surface area contributed by atoms with Gasteiger partial charge in [0, 0.05) is 36.4 Å². The summed E-state index contributed by atoms with van der Waals surface area (Å²) in [5.74, 6) is 0.555. The van der Waals surface area contributed by atoms with Crippen LogP contribution in [0.25, 0.3) is 10.9 Å². The molecule has 114 valence electrons. The molecule has 1 aliphatic heterocycles. The van der Waals surface area contributed by atoms with E-state index in [2.05, 4.69) is 67.1 Å². The molecule has 2 aromatic rings. The third-order valence-electron chi connectivity index (χ3n) is 4.89. The number of hydrogen-bond donors (Lipinski definition) is 1. The van der Waals surface area contributed by atoms with Crippen molar-refractivity contribution in [1.82, 2.24) is 9.88 Å². The van der Waals surface area contributed by atoms with Crippen molar-refractivity contribution in [2.75, 3.05) is 32.1 Å². The van der Waals surface area contributed by atoms with E-state index in [-0.39, 0.29) is 0 Å². The van der Waals surface area contributed by atoms with E-state index in [0.717, 1.165) is 19.1 Å². The minimum absolute atomic E-state index is 0.555. The van der Waals surface area contributed by atoms with Crippen LogP contribution in [0.5, 0.6) is 0 Å². The molecular weight excluding hydrogens is 258 g/mol. The lowest BCUT2D eigenvalue weighted by Crippen LogP contribution is -2.42. The molecule has 1 aliphatic rings. The molecule has 1 aromatic carbocycles. The van der Waals surface area contributed by atoms with Crippen LogP contribution in [0.2, 0.25) is 0 Å². The van der Waals surface area contributed by atoms with Crippen molar-refractivity contribution in [3.05, 3.63) is 30.0 Å². The number of aromatic nitrogens is 1. The number of hydrogen-bond acceptors (Lipinski definition) is 2. The van der Waals surface area contributed by atoms with Crippen molar-refractivity contribution in [1.29, 1.82) is 0 Å². The Kier molecular flexibility index (Phi) is 3.94. The average molecular weight is 285 g/mol. The quantitative estimate of drug-likeness (QED) is 0.926.